The highest BCUT2D eigenvalue weighted by Crippen LogP contribution is 3.00. The summed E-state index contributed by atoms with van der Waals surface area (Å²) in [5.41, 5.74) is 0.915. The van der Waals surface area contributed by atoms with Crippen molar-refractivity contribution in [2.75, 3.05) is 6.66 Å². The van der Waals surface area contributed by atoms with Crippen LogP contribution < -0.4 is 0 Å². The van der Waals surface area contributed by atoms with E-state index in [1.807, 2.05) is 0 Å². The van der Waals surface area contributed by atoms with Gasteiger partial charge in [-0.1, -0.05) is 41.5 Å². The zero-order chi connectivity index (χ0) is 17.2. The molecule has 1 fully saturated rings. The molecule has 2 unspecified atom stereocenters. The van der Waals surface area contributed by atoms with E-state index in [2.05, 4.69) is 89.7 Å². The molecule has 0 spiro atoms. The standard InChI is InChI=1S/C19H41P2/c1-16(2,3)14-20(18(7,8)9)15(17(4,5)6)21(14,13)19(10,11)12/h14-15H,1-13H3/q+1/p+1. The van der Waals surface area contributed by atoms with Crippen LogP contribution in [0.25, 0.3) is 0 Å². The summed E-state index contributed by atoms with van der Waals surface area (Å²) in [6.45, 7) is 32.9. The van der Waals surface area contributed by atoms with Crippen LogP contribution in [-0.4, -0.2) is 27.8 Å². The van der Waals surface area contributed by atoms with Crippen LogP contribution in [0, 0.1) is 10.8 Å². The number of hydrogen-bond donors (Lipinski definition) is 0. The first-order chi connectivity index (χ1) is 8.86. The molecular weight excluding hydrogens is 290 g/mol. The lowest BCUT2D eigenvalue weighted by molar-refractivity contribution is 0.387. The first-order valence-corrected chi connectivity index (χ1v) is 12.6. The molecule has 0 aromatic rings. The molecule has 0 bridgehead atoms. The largest absolute Gasteiger partial charge is 0.180 e. The van der Waals surface area contributed by atoms with Gasteiger partial charge in [0.1, 0.15) is 0 Å². The Morgan fingerprint density at radius 2 is 0.905 bits per heavy atom. The molecule has 0 amide bonds. The van der Waals surface area contributed by atoms with Crippen molar-refractivity contribution in [1.82, 2.24) is 0 Å². The third-order valence-electron chi connectivity index (χ3n) is 5.61. The van der Waals surface area contributed by atoms with E-state index in [9.17, 15) is 0 Å². The summed E-state index contributed by atoms with van der Waals surface area (Å²) < 4.78 is 0. The van der Waals surface area contributed by atoms with E-state index in [4.69, 9.17) is 0 Å². The minimum Gasteiger partial charge on any atom is -0.0526 e. The van der Waals surface area contributed by atoms with Gasteiger partial charge in [-0.25, -0.2) is 0 Å². The molecule has 0 aliphatic carbocycles. The van der Waals surface area contributed by atoms with E-state index >= 15 is 0 Å². The predicted octanol–water partition coefficient (Wildman–Crippen LogP) is 7.20. The van der Waals surface area contributed by atoms with Gasteiger partial charge < -0.3 is 0 Å². The lowest BCUT2D eigenvalue weighted by Gasteiger charge is -2.62. The second kappa shape index (κ2) is 5.18. The van der Waals surface area contributed by atoms with Crippen LogP contribution in [0.3, 0.4) is 0 Å². The molecule has 2 atom stereocenters. The molecule has 2 heteroatoms. The summed E-state index contributed by atoms with van der Waals surface area (Å²) in [6.07, 6.45) is 0. The summed E-state index contributed by atoms with van der Waals surface area (Å²) in [5.74, 6) is 0. The van der Waals surface area contributed by atoms with Gasteiger partial charge in [0.2, 0.25) is 0 Å². The molecule has 1 rings (SSSR count). The molecule has 0 saturated carbocycles. The summed E-state index contributed by atoms with van der Waals surface area (Å²) in [5, 5.41) is 2.95. The van der Waals surface area contributed by atoms with Crippen molar-refractivity contribution in [1.29, 1.82) is 0 Å². The first kappa shape index (κ1) is 19.9. The Morgan fingerprint density at radius 1 is 0.619 bits per heavy atom. The predicted molar refractivity (Wildman–Crippen MR) is 107 cm³/mol. The summed E-state index contributed by atoms with van der Waals surface area (Å²) in [6, 6.07) is 0. The normalized spacial score (nSPS) is 35.6. The van der Waals surface area contributed by atoms with Crippen molar-refractivity contribution >= 4 is 15.2 Å². The third kappa shape index (κ3) is 3.24. The highest BCUT2D eigenvalue weighted by Gasteiger charge is 2.83. The van der Waals surface area contributed by atoms with E-state index in [1.54, 1.807) is 0 Å². The SMILES string of the molecule is CC(C)(C)C1[PH+](C(C)(C)C)C(C(C)(C)C)[P+]1(C)C(C)(C)C. The first-order valence-electron chi connectivity index (χ1n) is 8.59. The summed E-state index contributed by atoms with van der Waals surface area (Å²) >= 11 is 0. The minimum atomic E-state index is -0.997. The average molecular weight is 332 g/mol. The van der Waals surface area contributed by atoms with Gasteiger partial charge in [0.05, 0.1) is 32.2 Å². The lowest BCUT2D eigenvalue weighted by Crippen LogP contribution is -2.56. The molecular formula is C19H42P2+2. The summed E-state index contributed by atoms with van der Waals surface area (Å²) in [7, 11) is -1.39. The topological polar surface area (TPSA) is 0 Å². The van der Waals surface area contributed by atoms with Crippen molar-refractivity contribution in [3.8, 4) is 0 Å². The second-order valence-corrected chi connectivity index (χ2v) is 20.8. The van der Waals surface area contributed by atoms with Crippen LogP contribution in [0.15, 0.2) is 0 Å². The van der Waals surface area contributed by atoms with Crippen LogP contribution in [-0.2, 0) is 0 Å². The Morgan fingerprint density at radius 3 is 1.05 bits per heavy atom. The molecule has 1 aliphatic rings. The Labute approximate surface area is 137 Å². The number of rotatable bonds is 0. The zero-order valence-corrected chi connectivity index (χ0v) is 19.0. The molecule has 0 radical (unpaired) electrons. The Bertz CT molecular complexity index is 360. The average Bonchev–Trinajstić information content (AvgIpc) is 2.03. The summed E-state index contributed by atoms with van der Waals surface area (Å²) in [4.78, 5) is 0. The zero-order valence-electron chi connectivity index (χ0n) is 17.1. The van der Waals surface area contributed by atoms with E-state index in [0.29, 0.717) is 21.1 Å². The van der Waals surface area contributed by atoms with Crippen LogP contribution >= 0.6 is 15.2 Å². The highest BCUT2D eigenvalue weighted by molar-refractivity contribution is 8.03. The Kier molecular flexibility index (Phi) is 4.91. The molecule has 1 aliphatic heterocycles. The van der Waals surface area contributed by atoms with Crippen molar-refractivity contribution in [2.45, 2.75) is 104 Å². The van der Waals surface area contributed by atoms with Gasteiger partial charge in [0.15, 0.2) is 10.8 Å². The van der Waals surface area contributed by atoms with E-state index < -0.39 is 15.2 Å². The fourth-order valence-corrected chi connectivity index (χ4v) is 23.7. The maximum Gasteiger partial charge on any atom is 0.180 e. The number of hydrogen-bond acceptors (Lipinski definition) is 0. The third-order valence-corrected chi connectivity index (χ3v) is 21.7. The molecule has 0 nitrogen and oxygen atoms in total. The van der Waals surface area contributed by atoms with Gasteiger partial charge >= 0.3 is 0 Å². The van der Waals surface area contributed by atoms with E-state index in [0.717, 1.165) is 10.8 Å². The lowest BCUT2D eigenvalue weighted by atomic mass is 9.98. The van der Waals surface area contributed by atoms with E-state index in [-0.39, 0.29) is 0 Å². The highest BCUT2D eigenvalue weighted by atomic mass is 31.3. The van der Waals surface area contributed by atoms with Gasteiger partial charge in [-0.05, 0) is 41.5 Å². The molecule has 1 heterocycles. The Balaban J connectivity index is 3.52. The fourth-order valence-electron chi connectivity index (χ4n) is 4.93. The van der Waals surface area contributed by atoms with Crippen molar-refractivity contribution in [3.05, 3.63) is 0 Å². The van der Waals surface area contributed by atoms with Crippen molar-refractivity contribution < 1.29 is 0 Å². The maximum absolute atomic E-state index is 2.72. The van der Waals surface area contributed by atoms with Crippen molar-refractivity contribution in [2.24, 2.45) is 10.8 Å². The van der Waals surface area contributed by atoms with Gasteiger partial charge in [-0.15, -0.1) is 0 Å². The second-order valence-electron chi connectivity index (χ2n) is 11.6. The van der Waals surface area contributed by atoms with Gasteiger partial charge in [-0.3, -0.25) is 0 Å². The molecule has 1 saturated heterocycles. The quantitative estimate of drug-likeness (QED) is 0.411. The molecule has 21 heavy (non-hydrogen) atoms. The molecule has 126 valence electrons. The van der Waals surface area contributed by atoms with Crippen LogP contribution in [0.2, 0.25) is 0 Å². The van der Waals surface area contributed by atoms with Gasteiger partial charge in [0, 0.05) is 10.8 Å². The van der Waals surface area contributed by atoms with Crippen LogP contribution in [0.4, 0.5) is 0 Å². The monoisotopic (exact) mass is 332 g/mol. The van der Waals surface area contributed by atoms with Crippen LogP contribution in [0.1, 0.15) is 83.1 Å². The van der Waals surface area contributed by atoms with Crippen LogP contribution in [0.5, 0.6) is 0 Å². The molecule has 0 aromatic carbocycles. The van der Waals surface area contributed by atoms with Gasteiger partial charge in [-0.2, -0.15) is 0 Å². The fraction of sp³-hybridized carbons (Fsp3) is 1.00. The molecule has 0 aromatic heterocycles. The van der Waals surface area contributed by atoms with E-state index in [1.165, 1.54) is 0 Å². The Hall–Kier alpha value is 0.860. The smallest absolute Gasteiger partial charge is 0.0526 e. The minimum absolute atomic E-state index is 0.395. The van der Waals surface area contributed by atoms with Gasteiger partial charge in [0.25, 0.3) is 0 Å². The maximum atomic E-state index is 2.72. The van der Waals surface area contributed by atoms with Crippen molar-refractivity contribution in [3.63, 3.8) is 0 Å². The molecule has 0 N–H and O–H groups in total.